The van der Waals surface area contributed by atoms with Gasteiger partial charge in [-0.05, 0) is 13.8 Å². The number of fused-ring (bicyclic) bond motifs is 1. The first kappa shape index (κ1) is 17.2. The zero-order valence-electron chi connectivity index (χ0n) is 12.2. The van der Waals surface area contributed by atoms with Crippen LogP contribution in [0.25, 0.3) is 0 Å². The van der Waals surface area contributed by atoms with E-state index in [4.69, 9.17) is 18.9 Å². The molecule has 0 spiro atoms. The highest BCUT2D eigenvalue weighted by Crippen LogP contribution is 2.36. The molecule has 9 heteroatoms. The van der Waals surface area contributed by atoms with Crippen molar-refractivity contribution < 1.29 is 36.9 Å². The maximum Gasteiger partial charge on any atom is 0.471 e. The second-order valence-electron chi connectivity index (χ2n) is 5.47. The van der Waals surface area contributed by atoms with Gasteiger partial charge >= 0.3 is 12.1 Å². The minimum atomic E-state index is -4.97. The third-order valence-corrected chi connectivity index (χ3v) is 3.22. The van der Waals surface area contributed by atoms with Crippen LogP contribution in [0, 0.1) is 0 Å². The molecule has 4 atom stereocenters. The van der Waals surface area contributed by atoms with Crippen LogP contribution in [-0.2, 0) is 23.7 Å². The molecule has 2 aliphatic rings. The number of nitrogens with one attached hydrogen (secondary N) is 1. The van der Waals surface area contributed by atoms with Crippen LogP contribution < -0.4 is 5.32 Å². The van der Waals surface area contributed by atoms with E-state index in [0.29, 0.717) is 0 Å². The second-order valence-corrected chi connectivity index (χ2v) is 5.47. The SMILES string of the molecule is C=CCOC1OCC(NC(=O)C(F)(F)F)C2OC(C)(C)OC12. The minimum absolute atomic E-state index is 0.176. The molecule has 2 saturated heterocycles. The average molecular weight is 325 g/mol. The summed E-state index contributed by atoms with van der Waals surface area (Å²) in [5.41, 5.74) is 0. The number of alkyl halides is 3. The summed E-state index contributed by atoms with van der Waals surface area (Å²) in [6, 6.07) is -0.982. The molecule has 2 heterocycles. The Balaban J connectivity index is 2.09. The van der Waals surface area contributed by atoms with Crippen LogP contribution in [0.4, 0.5) is 13.2 Å². The second kappa shape index (κ2) is 6.15. The highest BCUT2D eigenvalue weighted by atomic mass is 19.4. The van der Waals surface area contributed by atoms with Crippen molar-refractivity contribution in [2.45, 2.75) is 50.4 Å². The van der Waals surface area contributed by atoms with Crippen LogP contribution >= 0.6 is 0 Å². The molecule has 1 N–H and O–H groups in total. The first-order valence-corrected chi connectivity index (χ1v) is 6.71. The summed E-state index contributed by atoms with van der Waals surface area (Å²) >= 11 is 0. The third kappa shape index (κ3) is 3.78. The van der Waals surface area contributed by atoms with Gasteiger partial charge in [0.05, 0.1) is 19.3 Å². The van der Waals surface area contributed by atoms with E-state index in [1.54, 1.807) is 13.8 Å². The Morgan fingerprint density at radius 1 is 1.41 bits per heavy atom. The average Bonchev–Trinajstić information content (AvgIpc) is 2.72. The van der Waals surface area contributed by atoms with Gasteiger partial charge in [0.15, 0.2) is 12.1 Å². The number of ether oxygens (including phenoxy) is 4. The molecule has 2 rings (SSSR count). The summed E-state index contributed by atoms with van der Waals surface area (Å²) in [7, 11) is 0. The molecule has 22 heavy (non-hydrogen) atoms. The maximum absolute atomic E-state index is 12.4. The molecule has 6 nitrogen and oxygen atoms in total. The van der Waals surface area contributed by atoms with Gasteiger partial charge in [0.2, 0.25) is 0 Å². The van der Waals surface area contributed by atoms with Gasteiger partial charge in [-0.15, -0.1) is 6.58 Å². The topological polar surface area (TPSA) is 66.0 Å². The van der Waals surface area contributed by atoms with E-state index in [1.165, 1.54) is 6.08 Å². The number of carbonyl (C=O) groups is 1. The van der Waals surface area contributed by atoms with Gasteiger partial charge in [0.25, 0.3) is 0 Å². The van der Waals surface area contributed by atoms with Gasteiger partial charge in [0, 0.05) is 0 Å². The molecule has 4 unspecified atom stereocenters. The van der Waals surface area contributed by atoms with Crippen LogP contribution in [0.1, 0.15) is 13.8 Å². The van der Waals surface area contributed by atoms with Crippen LogP contribution in [0.2, 0.25) is 0 Å². The molecule has 0 aromatic rings. The Morgan fingerprint density at radius 3 is 2.64 bits per heavy atom. The van der Waals surface area contributed by atoms with Crippen LogP contribution in [0.15, 0.2) is 12.7 Å². The fourth-order valence-corrected chi connectivity index (χ4v) is 2.41. The Bertz CT molecular complexity index is 440. The lowest BCUT2D eigenvalue weighted by Gasteiger charge is -2.36. The predicted octanol–water partition coefficient (Wildman–Crippen LogP) is 1.11. The van der Waals surface area contributed by atoms with Gasteiger partial charge in [0.1, 0.15) is 12.2 Å². The van der Waals surface area contributed by atoms with Crippen molar-refractivity contribution >= 4 is 5.91 Å². The summed E-state index contributed by atoms with van der Waals surface area (Å²) in [5, 5.41) is 1.88. The van der Waals surface area contributed by atoms with Crippen molar-refractivity contribution in [2.24, 2.45) is 0 Å². The van der Waals surface area contributed by atoms with Gasteiger partial charge < -0.3 is 24.3 Å². The molecule has 0 radical (unpaired) electrons. The van der Waals surface area contributed by atoms with Crippen LogP contribution in [0.5, 0.6) is 0 Å². The Morgan fingerprint density at radius 2 is 2.05 bits per heavy atom. The highest BCUT2D eigenvalue weighted by molar-refractivity contribution is 5.82. The summed E-state index contributed by atoms with van der Waals surface area (Å²) < 4.78 is 59.1. The van der Waals surface area contributed by atoms with Crippen molar-refractivity contribution in [1.29, 1.82) is 0 Å². The minimum Gasteiger partial charge on any atom is -0.348 e. The van der Waals surface area contributed by atoms with Gasteiger partial charge in [-0.3, -0.25) is 4.79 Å². The predicted molar refractivity (Wildman–Crippen MR) is 67.7 cm³/mol. The first-order valence-electron chi connectivity index (χ1n) is 6.71. The lowest BCUT2D eigenvalue weighted by molar-refractivity contribution is -0.231. The molecule has 126 valence electrons. The normalized spacial score (nSPS) is 34.0. The largest absolute Gasteiger partial charge is 0.471 e. The van der Waals surface area contributed by atoms with Crippen molar-refractivity contribution in [3.8, 4) is 0 Å². The molecule has 0 aliphatic carbocycles. The van der Waals surface area contributed by atoms with E-state index in [9.17, 15) is 18.0 Å². The fraction of sp³-hybridized carbons (Fsp3) is 0.769. The van der Waals surface area contributed by atoms with Crippen molar-refractivity contribution in [3.05, 3.63) is 12.7 Å². The van der Waals surface area contributed by atoms with E-state index in [2.05, 4.69) is 6.58 Å². The van der Waals surface area contributed by atoms with Crippen LogP contribution in [-0.4, -0.2) is 55.6 Å². The lowest BCUT2D eigenvalue weighted by atomic mass is 10.0. The van der Waals surface area contributed by atoms with Gasteiger partial charge in [-0.2, -0.15) is 13.2 Å². The Kier molecular flexibility index (Phi) is 4.81. The van der Waals surface area contributed by atoms with Gasteiger partial charge in [-0.25, -0.2) is 0 Å². The van der Waals surface area contributed by atoms with Crippen LogP contribution in [0.3, 0.4) is 0 Å². The number of carbonyl (C=O) groups excluding carboxylic acids is 1. The molecule has 1 amide bonds. The summed E-state index contributed by atoms with van der Waals surface area (Å²) in [5.74, 6) is -3.06. The fourth-order valence-electron chi connectivity index (χ4n) is 2.41. The number of hydrogen-bond donors (Lipinski definition) is 1. The molecule has 0 saturated carbocycles. The number of rotatable bonds is 4. The summed E-state index contributed by atoms with van der Waals surface area (Å²) in [6.45, 7) is 6.77. The van der Waals surface area contributed by atoms with E-state index in [1.807, 2.05) is 5.32 Å². The smallest absolute Gasteiger partial charge is 0.348 e. The molecule has 0 aromatic carbocycles. The molecule has 0 aromatic heterocycles. The third-order valence-electron chi connectivity index (χ3n) is 3.22. The molecule has 0 bridgehead atoms. The maximum atomic E-state index is 12.4. The molecule has 2 aliphatic heterocycles. The van der Waals surface area contributed by atoms with Gasteiger partial charge in [-0.1, -0.05) is 6.08 Å². The van der Waals surface area contributed by atoms with Crippen molar-refractivity contribution in [1.82, 2.24) is 5.32 Å². The monoisotopic (exact) mass is 325 g/mol. The van der Waals surface area contributed by atoms with E-state index < -0.39 is 42.4 Å². The Hall–Kier alpha value is -1.16. The van der Waals surface area contributed by atoms with E-state index in [-0.39, 0.29) is 13.2 Å². The highest BCUT2D eigenvalue weighted by Gasteiger charge is 2.54. The summed E-state index contributed by atoms with van der Waals surface area (Å²) in [4.78, 5) is 11.1. The number of hydrogen-bond acceptors (Lipinski definition) is 5. The zero-order valence-corrected chi connectivity index (χ0v) is 12.2. The quantitative estimate of drug-likeness (QED) is 0.785. The van der Waals surface area contributed by atoms with Crippen molar-refractivity contribution in [2.75, 3.05) is 13.2 Å². The zero-order chi connectivity index (χ0) is 16.5. The molecular formula is C13H18F3NO5. The van der Waals surface area contributed by atoms with Crippen molar-refractivity contribution in [3.63, 3.8) is 0 Å². The van der Waals surface area contributed by atoms with E-state index in [0.717, 1.165) is 0 Å². The summed E-state index contributed by atoms with van der Waals surface area (Å²) in [6.07, 6.45) is -5.81. The molecular weight excluding hydrogens is 307 g/mol. The first-order chi connectivity index (χ1) is 10.1. The molecule has 2 fully saturated rings. The number of amides is 1. The standard InChI is InChI=1S/C13H18F3NO5/c1-4-5-19-10-9-8(21-12(2,3)22-9)7(6-20-10)17-11(18)13(14,15)16/h4,7-10H,1,5-6H2,2-3H3,(H,17,18). The van der Waals surface area contributed by atoms with E-state index >= 15 is 0 Å². The Labute approximate surface area is 125 Å². The number of halogens is 3. The lowest BCUT2D eigenvalue weighted by Crippen LogP contribution is -2.60.